The Morgan fingerprint density at radius 3 is 2.18 bits per heavy atom. The number of nitrogens with one attached hydrogen (secondary N) is 1. The summed E-state index contributed by atoms with van der Waals surface area (Å²) < 4.78 is 26.3. The van der Waals surface area contributed by atoms with E-state index in [0.29, 0.717) is 6.54 Å². The van der Waals surface area contributed by atoms with Gasteiger partial charge in [0.05, 0.1) is 5.25 Å². The third-order valence-electron chi connectivity index (χ3n) is 4.79. The first-order chi connectivity index (χ1) is 10.4. The van der Waals surface area contributed by atoms with Gasteiger partial charge in [-0.25, -0.2) is 13.1 Å². The molecule has 4 heteroatoms. The number of hydrogen-bond donors (Lipinski definition) is 1. The van der Waals surface area contributed by atoms with Gasteiger partial charge < -0.3 is 0 Å². The van der Waals surface area contributed by atoms with Crippen molar-refractivity contribution in [3.8, 4) is 0 Å². The van der Waals surface area contributed by atoms with Crippen LogP contribution in [0.25, 0.3) is 0 Å². The fraction of sp³-hybridized carbons (Fsp3) is 0.667. The van der Waals surface area contributed by atoms with E-state index in [2.05, 4.69) is 35.9 Å². The van der Waals surface area contributed by atoms with Crippen LogP contribution in [0.2, 0.25) is 0 Å². The van der Waals surface area contributed by atoms with E-state index >= 15 is 0 Å². The summed E-state index contributed by atoms with van der Waals surface area (Å²) in [5.74, 6) is 0.909. The normalized spacial score (nSPS) is 18.5. The molecule has 3 nitrogen and oxygen atoms in total. The van der Waals surface area contributed by atoms with Gasteiger partial charge in [-0.05, 0) is 49.7 Å². The van der Waals surface area contributed by atoms with Crippen LogP contribution < -0.4 is 4.72 Å². The molecule has 1 aromatic rings. The highest BCUT2D eigenvalue weighted by molar-refractivity contribution is 7.90. The Morgan fingerprint density at radius 2 is 1.64 bits per heavy atom. The first kappa shape index (κ1) is 17.5. The lowest BCUT2D eigenvalue weighted by atomic mass is 9.83. The van der Waals surface area contributed by atoms with Gasteiger partial charge in [0, 0.05) is 6.54 Å². The molecule has 0 aliphatic heterocycles. The molecular weight excluding hydrogens is 294 g/mol. The maximum atomic E-state index is 11.8. The van der Waals surface area contributed by atoms with Gasteiger partial charge in [0.15, 0.2) is 0 Å². The number of hydrogen-bond acceptors (Lipinski definition) is 2. The van der Waals surface area contributed by atoms with Crippen molar-refractivity contribution in [2.24, 2.45) is 0 Å². The Hall–Kier alpha value is -0.870. The van der Waals surface area contributed by atoms with E-state index in [-0.39, 0.29) is 11.2 Å². The zero-order valence-corrected chi connectivity index (χ0v) is 14.8. The van der Waals surface area contributed by atoms with Gasteiger partial charge in [0.2, 0.25) is 10.0 Å². The third kappa shape index (κ3) is 4.56. The van der Waals surface area contributed by atoms with Gasteiger partial charge in [-0.1, -0.05) is 50.5 Å². The van der Waals surface area contributed by atoms with Crippen LogP contribution in [0.15, 0.2) is 24.3 Å². The van der Waals surface area contributed by atoms with Crippen molar-refractivity contribution in [2.45, 2.75) is 70.0 Å². The van der Waals surface area contributed by atoms with Crippen molar-refractivity contribution in [3.63, 3.8) is 0 Å². The highest BCUT2D eigenvalue weighted by Gasteiger charge is 2.18. The van der Waals surface area contributed by atoms with Crippen LogP contribution in [0.1, 0.15) is 75.8 Å². The van der Waals surface area contributed by atoms with Crippen LogP contribution in [-0.2, 0) is 10.0 Å². The first-order valence-corrected chi connectivity index (χ1v) is 10.0. The summed E-state index contributed by atoms with van der Waals surface area (Å²) in [4.78, 5) is 0. The van der Waals surface area contributed by atoms with Crippen LogP contribution >= 0.6 is 0 Å². The van der Waals surface area contributed by atoms with Gasteiger partial charge in [-0.3, -0.25) is 0 Å². The summed E-state index contributed by atoms with van der Waals surface area (Å²) in [6.45, 7) is 5.93. The highest BCUT2D eigenvalue weighted by Crippen LogP contribution is 2.33. The molecule has 2 rings (SSSR count). The Balaban J connectivity index is 1.94. The molecule has 1 atom stereocenters. The lowest BCUT2D eigenvalue weighted by Gasteiger charge is -2.22. The van der Waals surface area contributed by atoms with E-state index in [9.17, 15) is 8.42 Å². The summed E-state index contributed by atoms with van der Waals surface area (Å²) in [7, 11) is -3.18. The summed E-state index contributed by atoms with van der Waals surface area (Å²) in [5.41, 5.74) is 2.64. The molecule has 1 aliphatic carbocycles. The van der Waals surface area contributed by atoms with Crippen LogP contribution in [-0.4, -0.2) is 20.2 Å². The molecule has 1 saturated carbocycles. The summed E-state index contributed by atoms with van der Waals surface area (Å²) in [5, 5.41) is -0.381. The van der Waals surface area contributed by atoms with Crippen molar-refractivity contribution < 1.29 is 8.42 Å². The van der Waals surface area contributed by atoms with Gasteiger partial charge >= 0.3 is 0 Å². The summed E-state index contributed by atoms with van der Waals surface area (Å²) in [6, 6.07) is 8.80. The molecule has 0 spiro atoms. The topological polar surface area (TPSA) is 46.2 Å². The highest BCUT2D eigenvalue weighted by atomic mass is 32.2. The molecule has 1 unspecified atom stereocenters. The maximum absolute atomic E-state index is 11.8. The van der Waals surface area contributed by atoms with E-state index in [1.165, 1.54) is 43.2 Å². The van der Waals surface area contributed by atoms with Gasteiger partial charge in [0.25, 0.3) is 0 Å². The first-order valence-electron chi connectivity index (χ1n) is 8.48. The van der Waals surface area contributed by atoms with E-state index < -0.39 is 10.0 Å². The summed E-state index contributed by atoms with van der Waals surface area (Å²) >= 11 is 0. The summed E-state index contributed by atoms with van der Waals surface area (Å²) in [6.07, 6.45) is 6.69. The molecule has 1 aromatic carbocycles. The van der Waals surface area contributed by atoms with Crippen LogP contribution in [0, 0.1) is 0 Å². The molecular formula is C18H29NO2S. The maximum Gasteiger partial charge on any atom is 0.213 e. The third-order valence-corrected chi connectivity index (χ3v) is 6.60. The molecule has 1 aliphatic rings. The van der Waals surface area contributed by atoms with E-state index in [1.54, 1.807) is 13.8 Å². The Bertz CT molecular complexity index is 557. The second kappa shape index (κ2) is 7.60. The largest absolute Gasteiger partial charge is 0.214 e. The zero-order chi connectivity index (χ0) is 16.2. The molecule has 0 heterocycles. The number of rotatable bonds is 6. The fourth-order valence-corrected chi connectivity index (χ4v) is 3.87. The van der Waals surface area contributed by atoms with E-state index in [1.807, 2.05) is 0 Å². The molecule has 1 N–H and O–H groups in total. The zero-order valence-electron chi connectivity index (χ0n) is 14.0. The standard InChI is InChI=1S/C18H29NO2S/c1-14(2)22(20,21)19-13-15(3)16-9-11-18(12-10-16)17-7-5-4-6-8-17/h9-12,14-15,17,19H,4-8,13H2,1-3H3. The van der Waals surface area contributed by atoms with E-state index in [4.69, 9.17) is 0 Å². The number of sulfonamides is 1. The van der Waals surface area contributed by atoms with Gasteiger partial charge in [-0.15, -0.1) is 0 Å². The quantitative estimate of drug-likeness (QED) is 0.854. The molecule has 0 saturated heterocycles. The monoisotopic (exact) mass is 323 g/mol. The smallest absolute Gasteiger partial charge is 0.213 e. The molecule has 1 fully saturated rings. The van der Waals surface area contributed by atoms with Crippen molar-refractivity contribution in [3.05, 3.63) is 35.4 Å². The second-order valence-corrected chi connectivity index (χ2v) is 9.17. The van der Waals surface area contributed by atoms with Crippen molar-refractivity contribution in [1.82, 2.24) is 4.72 Å². The molecule has 124 valence electrons. The average molecular weight is 324 g/mol. The number of benzene rings is 1. The predicted octanol–water partition coefficient (Wildman–Crippen LogP) is 4.17. The lowest BCUT2D eigenvalue weighted by molar-refractivity contribution is 0.443. The molecule has 0 radical (unpaired) electrons. The van der Waals surface area contributed by atoms with E-state index in [0.717, 1.165) is 5.92 Å². The van der Waals surface area contributed by atoms with Crippen LogP contribution in [0.4, 0.5) is 0 Å². The Kier molecular flexibility index (Phi) is 6.04. The minimum absolute atomic E-state index is 0.189. The molecule has 0 amide bonds. The fourth-order valence-electron chi connectivity index (χ4n) is 3.06. The van der Waals surface area contributed by atoms with Crippen molar-refractivity contribution in [1.29, 1.82) is 0 Å². The van der Waals surface area contributed by atoms with Gasteiger partial charge in [0.1, 0.15) is 0 Å². The average Bonchev–Trinajstić information content (AvgIpc) is 2.53. The lowest BCUT2D eigenvalue weighted by Crippen LogP contribution is -2.33. The van der Waals surface area contributed by atoms with Crippen LogP contribution in [0.5, 0.6) is 0 Å². The minimum atomic E-state index is -3.18. The second-order valence-electron chi connectivity index (χ2n) is 6.84. The predicted molar refractivity (Wildman–Crippen MR) is 92.7 cm³/mol. The molecule has 0 bridgehead atoms. The van der Waals surface area contributed by atoms with Gasteiger partial charge in [-0.2, -0.15) is 0 Å². The molecule has 22 heavy (non-hydrogen) atoms. The van der Waals surface area contributed by atoms with Crippen molar-refractivity contribution in [2.75, 3.05) is 6.54 Å². The SMILES string of the molecule is CC(CNS(=O)(=O)C(C)C)c1ccc(C2CCCCC2)cc1. The molecule has 0 aromatic heterocycles. The van der Waals surface area contributed by atoms with Crippen LogP contribution in [0.3, 0.4) is 0 Å². The van der Waals surface area contributed by atoms with Crippen molar-refractivity contribution >= 4 is 10.0 Å². The minimum Gasteiger partial charge on any atom is -0.214 e. The Labute approximate surface area is 135 Å². The Morgan fingerprint density at radius 1 is 1.05 bits per heavy atom.